The molecule has 0 aliphatic carbocycles. The second-order valence-corrected chi connectivity index (χ2v) is 6.90. The van der Waals surface area contributed by atoms with Crippen molar-refractivity contribution in [2.24, 2.45) is 0 Å². The van der Waals surface area contributed by atoms with Crippen LogP contribution >= 0.6 is 0 Å². The van der Waals surface area contributed by atoms with E-state index < -0.39 is 0 Å². The Balaban J connectivity index is 1.53. The minimum absolute atomic E-state index is 0.0222. The van der Waals surface area contributed by atoms with E-state index in [1.807, 2.05) is 39.9 Å². The molecule has 0 saturated carbocycles. The van der Waals surface area contributed by atoms with Crippen molar-refractivity contribution in [1.29, 1.82) is 0 Å². The third-order valence-electron chi connectivity index (χ3n) is 5.01. The van der Waals surface area contributed by atoms with Gasteiger partial charge >= 0.3 is 0 Å². The molecule has 1 aliphatic rings. The molecule has 1 amide bonds. The molecule has 7 nitrogen and oxygen atoms in total. The van der Waals surface area contributed by atoms with Crippen LogP contribution in [0.1, 0.15) is 28.8 Å². The molecule has 1 aliphatic heterocycles. The van der Waals surface area contributed by atoms with Crippen LogP contribution in [0.3, 0.4) is 0 Å². The lowest BCUT2D eigenvalue weighted by molar-refractivity contribution is 0.0701. The molecule has 140 valence electrons. The summed E-state index contributed by atoms with van der Waals surface area (Å²) in [5.41, 5.74) is 4.31. The summed E-state index contributed by atoms with van der Waals surface area (Å²) in [6.07, 6.45) is 1.59. The summed E-state index contributed by atoms with van der Waals surface area (Å²) >= 11 is 0. The largest absolute Gasteiger partial charge is 0.340 e. The first-order valence-electron chi connectivity index (χ1n) is 9.28. The van der Waals surface area contributed by atoms with Crippen molar-refractivity contribution in [3.63, 3.8) is 0 Å². The minimum Gasteiger partial charge on any atom is -0.340 e. The standard InChI is InChI=1S/C20H24N6O/c1-3-24(2)12-16-11-17-13-25(9-10-26(17)23-16)20(27)19-18(21-14-22-19)15-7-5-4-6-8-15/h4-8,11,14H,3,9-10,12-13H2,1-2H3,(H,21,22). The van der Waals surface area contributed by atoms with Crippen LogP contribution < -0.4 is 0 Å². The molecule has 1 aromatic carbocycles. The predicted molar refractivity (Wildman–Crippen MR) is 103 cm³/mol. The SMILES string of the molecule is CCN(C)Cc1cc2n(n1)CCN(C(=O)c1[nH]cnc1-c1ccccc1)C2. The summed E-state index contributed by atoms with van der Waals surface area (Å²) in [7, 11) is 2.08. The monoisotopic (exact) mass is 364 g/mol. The molecule has 0 bridgehead atoms. The smallest absolute Gasteiger partial charge is 0.273 e. The molecule has 3 aromatic rings. The molecular formula is C20H24N6O. The van der Waals surface area contributed by atoms with E-state index in [-0.39, 0.29) is 5.91 Å². The molecule has 0 unspecified atom stereocenters. The van der Waals surface area contributed by atoms with E-state index >= 15 is 0 Å². The highest BCUT2D eigenvalue weighted by atomic mass is 16.2. The molecule has 3 heterocycles. The first-order chi connectivity index (χ1) is 13.2. The lowest BCUT2D eigenvalue weighted by atomic mass is 10.1. The van der Waals surface area contributed by atoms with Gasteiger partial charge in [0.05, 0.1) is 30.8 Å². The van der Waals surface area contributed by atoms with Crippen LogP contribution in [0, 0.1) is 0 Å². The number of carbonyl (C=O) groups is 1. The number of fused-ring (bicyclic) bond motifs is 1. The summed E-state index contributed by atoms with van der Waals surface area (Å²) < 4.78 is 2.02. The number of hydrogen-bond acceptors (Lipinski definition) is 4. The van der Waals surface area contributed by atoms with Crippen LogP contribution in [-0.2, 0) is 19.6 Å². The van der Waals surface area contributed by atoms with Gasteiger partial charge in [-0.25, -0.2) is 4.98 Å². The van der Waals surface area contributed by atoms with Crippen molar-refractivity contribution < 1.29 is 4.79 Å². The predicted octanol–water partition coefficient (Wildman–Crippen LogP) is 2.38. The molecule has 7 heteroatoms. The molecule has 1 N–H and O–H groups in total. The van der Waals surface area contributed by atoms with Crippen molar-refractivity contribution in [3.8, 4) is 11.3 Å². The van der Waals surface area contributed by atoms with Gasteiger partial charge in [0.1, 0.15) is 11.4 Å². The Bertz CT molecular complexity index is 929. The van der Waals surface area contributed by atoms with E-state index in [0.717, 1.165) is 30.0 Å². The number of carbonyl (C=O) groups excluding carboxylic acids is 1. The van der Waals surface area contributed by atoms with E-state index in [1.165, 1.54) is 0 Å². The van der Waals surface area contributed by atoms with Crippen LogP contribution in [-0.4, -0.2) is 55.6 Å². The maximum atomic E-state index is 13.1. The molecule has 0 saturated heterocycles. The topological polar surface area (TPSA) is 70.1 Å². The van der Waals surface area contributed by atoms with Crippen molar-refractivity contribution in [1.82, 2.24) is 29.5 Å². The van der Waals surface area contributed by atoms with Crippen LogP contribution in [0.2, 0.25) is 0 Å². The zero-order valence-electron chi connectivity index (χ0n) is 15.7. The van der Waals surface area contributed by atoms with E-state index in [0.29, 0.717) is 31.0 Å². The fourth-order valence-electron chi connectivity index (χ4n) is 3.40. The van der Waals surface area contributed by atoms with Gasteiger partial charge in [-0.3, -0.25) is 9.48 Å². The zero-order valence-corrected chi connectivity index (χ0v) is 15.7. The fraction of sp³-hybridized carbons (Fsp3) is 0.350. The Morgan fingerprint density at radius 1 is 1.26 bits per heavy atom. The third-order valence-corrected chi connectivity index (χ3v) is 5.01. The van der Waals surface area contributed by atoms with Gasteiger partial charge in [0.25, 0.3) is 5.91 Å². The van der Waals surface area contributed by atoms with E-state index in [2.05, 4.69) is 40.0 Å². The highest BCUT2D eigenvalue weighted by Crippen LogP contribution is 2.23. The van der Waals surface area contributed by atoms with Crippen LogP contribution in [0.5, 0.6) is 0 Å². The average Bonchev–Trinajstić information content (AvgIpc) is 3.34. The summed E-state index contributed by atoms with van der Waals surface area (Å²) in [5.74, 6) is -0.0222. The van der Waals surface area contributed by atoms with Gasteiger partial charge in [-0.1, -0.05) is 37.3 Å². The quantitative estimate of drug-likeness (QED) is 0.755. The number of nitrogens with one attached hydrogen (secondary N) is 1. The van der Waals surface area contributed by atoms with Gasteiger partial charge in [-0.15, -0.1) is 0 Å². The lowest BCUT2D eigenvalue weighted by Gasteiger charge is -2.27. The van der Waals surface area contributed by atoms with Gasteiger partial charge in [0.2, 0.25) is 0 Å². The van der Waals surface area contributed by atoms with Gasteiger partial charge in [-0.2, -0.15) is 5.10 Å². The Morgan fingerprint density at radius 2 is 2.07 bits per heavy atom. The molecule has 0 atom stereocenters. The molecular weight excluding hydrogens is 340 g/mol. The maximum absolute atomic E-state index is 13.1. The Kier molecular flexibility index (Phi) is 4.77. The Morgan fingerprint density at radius 3 is 2.85 bits per heavy atom. The summed E-state index contributed by atoms with van der Waals surface area (Å²) in [6, 6.07) is 11.9. The van der Waals surface area contributed by atoms with Gasteiger partial charge in [0.15, 0.2) is 0 Å². The molecule has 0 fully saturated rings. The highest BCUT2D eigenvalue weighted by molar-refractivity contribution is 5.98. The number of aromatic nitrogens is 4. The number of amides is 1. The maximum Gasteiger partial charge on any atom is 0.273 e. The normalized spacial score (nSPS) is 13.8. The summed E-state index contributed by atoms with van der Waals surface area (Å²) in [4.78, 5) is 24.6. The lowest BCUT2D eigenvalue weighted by Crippen LogP contribution is -2.38. The molecule has 0 radical (unpaired) electrons. The number of H-pyrrole nitrogens is 1. The number of aromatic amines is 1. The number of rotatable bonds is 5. The number of imidazole rings is 1. The number of hydrogen-bond donors (Lipinski definition) is 1. The Hall–Kier alpha value is -2.93. The van der Waals surface area contributed by atoms with Crippen LogP contribution in [0.25, 0.3) is 11.3 Å². The van der Waals surface area contributed by atoms with Crippen molar-refractivity contribution in [3.05, 3.63) is 59.8 Å². The number of nitrogens with zero attached hydrogens (tertiary/aromatic N) is 5. The van der Waals surface area contributed by atoms with E-state index in [4.69, 9.17) is 0 Å². The van der Waals surface area contributed by atoms with Crippen molar-refractivity contribution in [2.45, 2.75) is 26.6 Å². The molecule has 0 spiro atoms. The van der Waals surface area contributed by atoms with Crippen LogP contribution in [0.4, 0.5) is 0 Å². The van der Waals surface area contributed by atoms with Gasteiger partial charge in [0, 0.05) is 18.7 Å². The van der Waals surface area contributed by atoms with E-state index in [1.54, 1.807) is 6.33 Å². The second-order valence-electron chi connectivity index (χ2n) is 6.90. The van der Waals surface area contributed by atoms with Gasteiger partial charge < -0.3 is 14.8 Å². The number of benzene rings is 1. The van der Waals surface area contributed by atoms with Crippen LogP contribution in [0.15, 0.2) is 42.7 Å². The van der Waals surface area contributed by atoms with Crippen molar-refractivity contribution in [2.75, 3.05) is 20.1 Å². The van der Waals surface area contributed by atoms with Crippen molar-refractivity contribution >= 4 is 5.91 Å². The molecule has 2 aromatic heterocycles. The van der Waals surface area contributed by atoms with Gasteiger partial charge in [-0.05, 0) is 19.7 Å². The first-order valence-corrected chi connectivity index (χ1v) is 9.28. The molecule has 4 rings (SSSR count). The summed E-state index contributed by atoms with van der Waals surface area (Å²) in [5, 5.41) is 4.68. The highest BCUT2D eigenvalue weighted by Gasteiger charge is 2.26. The zero-order chi connectivity index (χ0) is 18.8. The summed E-state index contributed by atoms with van der Waals surface area (Å²) in [6.45, 7) is 5.85. The fourth-order valence-corrected chi connectivity index (χ4v) is 3.40. The molecule has 27 heavy (non-hydrogen) atoms. The first kappa shape index (κ1) is 17.5. The second kappa shape index (κ2) is 7.36. The van der Waals surface area contributed by atoms with E-state index in [9.17, 15) is 4.79 Å². The average molecular weight is 364 g/mol. The minimum atomic E-state index is -0.0222. The third kappa shape index (κ3) is 3.50. The Labute approximate surface area is 158 Å².